The third-order valence-corrected chi connectivity index (χ3v) is 3.10. The highest BCUT2D eigenvalue weighted by molar-refractivity contribution is 5.82. The van der Waals surface area contributed by atoms with Crippen LogP contribution in [0.3, 0.4) is 0 Å². The molecule has 1 fully saturated rings. The fraction of sp³-hybridized carbons (Fsp3) is 0.818. The van der Waals surface area contributed by atoms with Gasteiger partial charge in [-0.25, -0.2) is 9.59 Å². The second kappa shape index (κ2) is 5.86. The molecule has 1 unspecified atom stereocenters. The van der Waals surface area contributed by atoms with Crippen molar-refractivity contribution in [3.63, 3.8) is 0 Å². The van der Waals surface area contributed by atoms with Gasteiger partial charge >= 0.3 is 12.0 Å². The lowest BCUT2D eigenvalue weighted by molar-refractivity contribution is -0.139. The first-order valence-electron chi connectivity index (χ1n) is 5.94. The van der Waals surface area contributed by atoms with E-state index in [2.05, 4.69) is 10.2 Å². The molecule has 0 radical (unpaired) electrons. The molecule has 2 amide bonds. The zero-order valence-corrected chi connectivity index (χ0v) is 10.6. The van der Waals surface area contributed by atoms with Gasteiger partial charge in [-0.1, -0.05) is 6.92 Å². The van der Waals surface area contributed by atoms with Gasteiger partial charge in [0.2, 0.25) is 0 Å². The monoisotopic (exact) mass is 243 g/mol. The van der Waals surface area contributed by atoms with Crippen molar-refractivity contribution in [3.8, 4) is 0 Å². The van der Waals surface area contributed by atoms with Gasteiger partial charge in [0.1, 0.15) is 6.04 Å². The maximum absolute atomic E-state index is 11.9. The molecule has 0 aromatic heterocycles. The predicted octanol–water partition coefficient (Wildman–Crippen LogP) is 0.195. The van der Waals surface area contributed by atoms with Gasteiger partial charge in [0.25, 0.3) is 0 Å². The smallest absolute Gasteiger partial charge is 0.326 e. The minimum atomic E-state index is -0.984. The van der Waals surface area contributed by atoms with Gasteiger partial charge < -0.3 is 20.2 Å². The van der Waals surface area contributed by atoms with E-state index in [4.69, 9.17) is 5.11 Å². The maximum atomic E-state index is 11.9. The molecule has 2 N–H and O–H groups in total. The third-order valence-electron chi connectivity index (χ3n) is 3.10. The zero-order chi connectivity index (χ0) is 13.0. The molecular formula is C11H21N3O3. The van der Waals surface area contributed by atoms with E-state index in [1.165, 1.54) is 0 Å². The van der Waals surface area contributed by atoms with E-state index >= 15 is 0 Å². The van der Waals surface area contributed by atoms with Crippen molar-refractivity contribution in [2.24, 2.45) is 0 Å². The number of carboxylic acid groups (broad SMARTS) is 1. The van der Waals surface area contributed by atoms with Crippen LogP contribution in [-0.2, 0) is 4.79 Å². The van der Waals surface area contributed by atoms with Gasteiger partial charge in [0, 0.05) is 25.7 Å². The summed E-state index contributed by atoms with van der Waals surface area (Å²) in [6, 6.07) is -0.964. The fourth-order valence-corrected chi connectivity index (χ4v) is 2.01. The number of carboxylic acids is 1. The number of rotatable bonds is 3. The Morgan fingerprint density at radius 2 is 2.12 bits per heavy atom. The first-order valence-corrected chi connectivity index (χ1v) is 5.94. The Balaban J connectivity index is 2.55. The van der Waals surface area contributed by atoms with Crippen LogP contribution in [0.1, 0.15) is 20.3 Å². The molecule has 6 heteroatoms. The molecule has 2 atom stereocenters. The first-order chi connectivity index (χ1) is 7.95. The van der Waals surface area contributed by atoms with E-state index in [9.17, 15) is 9.59 Å². The van der Waals surface area contributed by atoms with Crippen LogP contribution in [0.5, 0.6) is 0 Å². The second-order valence-corrected chi connectivity index (χ2v) is 4.55. The topological polar surface area (TPSA) is 72.9 Å². The third kappa shape index (κ3) is 3.59. The van der Waals surface area contributed by atoms with Crippen molar-refractivity contribution in [3.05, 3.63) is 0 Å². The highest BCUT2D eigenvalue weighted by atomic mass is 16.4. The van der Waals surface area contributed by atoms with Crippen molar-refractivity contribution < 1.29 is 14.7 Å². The van der Waals surface area contributed by atoms with E-state index in [1.807, 2.05) is 14.0 Å². The average Bonchev–Trinajstić information content (AvgIpc) is 2.24. The van der Waals surface area contributed by atoms with E-state index in [1.54, 1.807) is 11.8 Å². The Morgan fingerprint density at radius 1 is 1.47 bits per heavy atom. The van der Waals surface area contributed by atoms with Gasteiger partial charge in [-0.3, -0.25) is 0 Å². The van der Waals surface area contributed by atoms with Crippen molar-refractivity contribution in [2.75, 3.05) is 26.7 Å². The first kappa shape index (κ1) is 13.8. The quantitative estimate of drug-likeness (QED) is 0.742. The minimum Gasteiger partial charge on any atom is -0.480 e. The van der Waals surface area contributed by atoms with Crippen LogP contribution in [0.25, 0.3) is 0 Å². The van der Waals surface area contributed by atoms with E-state index < -0.39 is 12.0 Å². The molecule has 0 bridgehead atoms. The number of carbonyl (C=O) groups is 2. The maximum Gasteiger partial charge on any atom is 0.326 e. The molecule has 98 valence electrons. The number of urea groups is 1. The molecular weight excluding hydrogens is 222 g/mol. The Hall–Kier alpha value is -1.30. The molecule has 0 aromatic carbocycles. The lowest BCUT2D eigenvalue weighted by atomic mass is 10.2. The molecule has 0 saturated carbocycles. The summed E-state index contributed by atoms with van der Waals surface area (Å²) in [7, 11) is 2.01. The van der Waals surface area contributed by atoms with Crippen LogP contribution in [0.2, 0.25) is 0 Å². The molecule has 1 aliphatic heterocycles. The molecule has 0 aromatic rings. The predicted molar refractivity (Wildman–Crippen MR) is 63.9 cm³/mol. The van der Waals surface area contributed by atoms with Crippen LogP contribution in [0, 0.1) is 0 Å². The molecule has 6 nitrogen and oxygen atoms in total. The van der Waals surface area contributed by atoms with E-state index in [0.29, 0.717) is 13.0 Å². The molecule has 1 aliphatic rings. The summed E-state index contributed by atoms with van der Waals surface area (Å²) in [5.74, 6) is -0.984. The van der Waals surface area contributed by atoms with Crippen LogP contribution >= 0.6 is 0 Å². The van der Waals surface area contributed by atoms with Gasteiger partial charge in [-0.2, -0.15) is 0 Å². The zero-order valence-electron chi connectivity index (χ0n) is 10.6. The normalized spacial score (nSPS) is 23.2. The number of nitrogens with zero attached hydrogens (tertiary/aromatic N) is 2. The summed E-state index contributed by atoms with van der Waals surface area (Å²) in [5, 5.41) is 11.4. The molecule has 1 rings (SSSR count). The number of hydrogen-bond acceptors (Lipinski definition) is 3. The standard InChI is InChI=1S/C11H21N3O3/c1-4-9(10(15)16)12-11(17)14-6-5-13(3)7-8(14)2/h8-9H,4-7H2,1-3H3,(H,12,17)(H,15,16)/t8?,9-/m0/s1. The number of piperazine rings is 1. The minimum absolute atomic E-state index is 0.111. The fourth-order valence-electron chi connectivity index (χ4n) is 2.01. The van der Waals surface area contributed by atoms with Gasteiger partial charge in [0.05, 0.1) is 0 Å². The average molecular weight is 243 g/mol. The highest BCUT2D eigenvalue weighted by Gasteiger charge is 2.28. The second-order valence-electron chi connectivity index (χ2n) is 4.55. The number of nitrogens with one attached hydrogen (secondary N) is 1. The summed E-state index contributed by atoms with van der Waals surface area (Å²) < 4.78 is 0. The van der Waals surface area contributed by atoms with Crippen LogP contribution < -0.4 is 5.32 Å². The Labute approximate surface area is 102 Å². The number of likely N-dealkylation sites (N-methyl/N-ethyl adjacent to an activating group) is 1. The largest absolute Gasteiger partial charge is 0.480 e. The number of hydrogen-bond donors (Lipinski definition) is 2. The SMILES string of the molecule is CC[C@H](NC(=O)N1CCN(C)CC1C)C(=O)O. The lowest BCUT2D eigenvalue weighted by Gasteiger charge is -2.38. The van der Waals surface area contributed by atoms with Crippen LogP contribution in [0.4, 0.5) is 4.79 Å². The molecule has 0 spiro atoms. The number of aliphatic carboxylic acids is 1. The van der Waals surface area contributed by atoms with Crippen molar-refractivity contribution in [1.82, 2.24) is 15.1 Å². The van der Waals surface area contributed by atoms with Crippen molar-refractivity contribution >= 4 is 12.0 Å². The van der Waals surface area contributed by atoms with E-state index in [-0.39, 0.29) is 12.1 Å². The molecule has 17 heavy (non-hydrogen) atoms. The molecule has 1 heterocycles. The van der Waals surface area contributed by atoms with Gasteiger partial charge in [-0.05, 0) is 20.4 Å². The highest BCUT2D eigenvalue weighted by Crippen LogP contribution is 2.08. The van der Waals surface area contributed by atoms with Crippen LogP contribution in [0.15, 0.2) is 0 Å². The summed E-state index contributed by atoms with van der Waals surface area (Å²) in [4.78, 5) is 26.6. The Bertz CT molecular complexity index is 296. The summed E-state index contributed by atoms with van der Waals surface area (Å²) in [6.45, 7) is 5.99. The number of carbonyl (C=O) groups excluding carboxylic acids is 1. The Kier molecular flexibility index (Phi) is 4.74. The molecule has 0 aliphatic carbocycles. The van der Waals surface area contributed by atoms with Gasteiger partial charge in [-0.15, -0.1) is 0 Å². The molecule has 1 saturated heterocycles. The Morgan fingerprint density at radius 3 is 2.59 bits per heavy atom. The van der Waals surface area contributed by atoms with Crippen LogP contribution in [-0.4, -0.2) is 65.7 Å². The van der Waals surface area contributed by atoms with Gasteiger partial charge in [0.15, 0.2) is 0 Å². The van der Waals surface area contributed by atoms with Crippen molar-refractivity contribution in [1.29, 1.82) is 0 Å². The number of amides is 2. The van der Waals surface area contributed by atoms with E-state index in [0.717, 1.165) is 13.1 Å². The lowest BCUT2D eigenvalue weighted by Crippen LogP contribution is -2.57. The van der Waals surface area contributed by atoms with Crippen molar-refractivity contribution in [2.45, 2.75) is 32.4 Å². The summed E-state index contributed by atoms with van der Waals surface area (Å²) in [6.07, 6.45) is 0.392. The summed E-state index contributed by atoms with van der Waals surface area (Å²) >= 11 is 0. The summed E-state index contributed by atoms with van der Waals surface area (Å²) in [5.41, 5.74) is 0.